The zero-order valence-electron chi connectivity index (χ0n) is 8.70. The summed E-state index contributed by atoms with van der Waals surface area (Å²) >= 11 is 3.79. The number of aliphatic hydroxyl groups excluding tert-OH is 3. The Balaban J connectivity index is 2.77. The van der Waals surface area contributed by atoms with E-state index >= 15 is 0 Å². The fraction of sp³-hybridized carbons (Fsp3) is 0.875. The van der Waals surface area contributed by atoms with E-state index in [2.05, 4.69) is 22.9 Å². The first-order valence-corrected chi connectivity index (χ1v) is 5.25. The van der Waals surface area contributed by atoms with Crippen molar-refractivity contribution in [2.24, 2.45) is 0 Å². The lowest BCUT2D eigenvalue weighted by molar-refractivity contribution is -0.197. The fourth-order valence-corrected chi connectivity index (χ4v) is 1.84. The van der Waals surface area contributed by atoms with Crippen LogP contribution in [0.5, 0.6) is 0 Å². The first-order chi connectivity index (χ1) is 7.51. The van der Waals surface area contributed by atoms with Crippen LogP contribution in [0.1, 0.15) is 6.92 Å². The van der Waals surface area contributed by atoms with Gasteiger partial charge >= 0.3 is 0 Å². The SMILES string of the molecule is CC(=O)NC1C(NS)OC(CO)C(O)C1O. The van der Waals surface area contributed by atoms with Crippen molar-refractivity contribution in [2.45, 2.75) is 37.5 Å². The number of carbonyl (C=O) groups excluding carboxylic acids is 1. The molecule has 1 amide bonds. The van der Waals surface area contributed by atoms with Crippen molar-refractivity contribution in [1.82, 2.24) is 10.0 Å². The molecule has 8 heteroatoms. The van der Waals surface area contributed by atoms with Crippen LogP contribution in [-0.4, -0.2) is 58.4 Å². The van der Waals surface area contributed by atoms with Gasteiger partial charge in [0.05, 0.1) is 12.6 Å². The number of aliphatic hydroxyl groups is 3. The zero-order valence-corrected chi connectivity index (χ0v) is 9.59. The maximum Gasteiger partial charge on any atom is 0.217 e. The average Bonchev–Trinajstić information content (AvgIpc) is 2.25. The Morgan fingerprint density at radius 1 is 1.44 bits per heavy atom. The van der Waals surface area contributed by atoms with E-state index in [9.17, 15) is 15.0 Å². The Kier molecular flexibility index (Phi) is 4.96. The summed E-state index contributed by atoms with van der Waals surface area (Å²) in [5, 5.41) is 30.7. The van der Waals surface area contributed by atoms with E-state index in [0.717, 1.165) is 0 Å². The zero-order chi connectivity index (χ0) is 12.3. The van der Waals surface area contributed by atoms with E-state index in [-0.39, 0.29) is 5.91 Å². The van der Waals surface area contributed by atoms with Crippen LogP contribution < -0.4 is 10.0 Å². The largest absolute Gasteiger partial charge is 0.394 e. The van der Waals surface area contributed by atoms with Gasteiger partial charge in [0, 0.05) is 6.92 Å². The Morgan fingerprint density at radius 2 is 2.06 bits per heavy atom. The summed E-state index contributed by atoms with van der Waals surface area (Å²) in [6, 6.07) is -0.826. The summed E-state index contributed by atoms with van der Waals surface area (Å²) in [5.74, 6) is -0.365. The first kappa shape index (κ1) is 13.7. The third-order valence-corrected chi connectivity index (χ3v) is 2.68. The lowest BCUT2D eigenvalue weighted by Crippen LogP contribution is -2.66. The van der Waals surface area contributed by atoms with Crippen molar-refractivity contribution in [2.75, 3.05) is 6.61 Å². The monoisotopic (exact) mass is 252 g/mol. The standard InChI is InChI=1S/C8H16N2O5S/c1-3(12)9-5-7(14)6(13)4(2-11)15-8(5)10-16/h4-8,10-11,13-14,16H,2H2,1H3,(H,9,12). The van der Waals surface area contributed by atoms with Gasteiger partial charge in [-0.25, -0.2) is 4.72 Å². The minimum absolute atomic E-state index is 0.365. The molecule has 94 valence electrons. The summed E-state index contributed by atoms with van der Waals surface area (Å²) in [6.07, 6.45) is -4.20. The number of carbonyl (C=O) groups is 1. The van der Waals surface area contributed by atoms with Crippen molar-refractivity contribution in [3.8, 4) is 0 Å². The lowest BCUT2D eigenvalue weighted by atomic mass is 9.96. The second kappa shape index (κ2) is 5.80. The molecule has 0 spiro atoms. The maximum absolute atomic E-state index is 10.9. The normalized spacial score (nSPS) is 39.4. The Labute approximate surface area is 98.3 Å². The van der Waals surface area contributed by atoms with Crippen LogP contribution in [0, 0.1) is 0 Å². The van der Waals surface area contributed by atoms with E-state index in [1.807, 2.05) is 0 Å². The van der Waals surface area contributed by atoms with Gasteiger partial charge in [0.25, 0.3) is 0 Å². The van der Waals surface area contributed by atoms with Crippen LogP contribution in [0.4, 0.5) is 0 Å². The third-order valence-electron chi connectivity index (χ3n) is 2.42. The number of hydrogen-bond acceptors (Lipinski definition) is 7. The molecule has 1 heterocycles. The quantitative estimate of drug-likeness (QED) is 0.306. The molecule has 0 aromatic rings. The number of hydrogen-bond donors (Lipinski definition) is 6. The molecule has 1 saturated heterocycles. The molecule has 1 rings (SSSR count). The number of amides is 1. The van der Waals surface area contributed by atoms with Crippen LogP contribution in [-0.2, 0) is 9.53 Å². The van der Waals surface area contributed by atoms with Gasteiger partial charge in [-0.1, -0.05) is 12.8 Å². The van der Waals surface area contributed by atoms with Crippen molar-refractivity contribution >= 4 is 18.7 Å². The van der Waals surface area contributed by atoms with Crippen molar-refractivity contribution in [3.05, 3.63) is 0 Å². The molecule has 5 unspecified atom stereocenters. The molecule has 7 nitrogen and oxygen atoms in total. The number of thiol groups is 1. The van der Waals surface area contributed by atoms with E-state index in [1.165, 1.54) is 6.92 Å². The first-order valence-electron chi connectivity index (χ1n) is 4.80. The molecule has 1 fully saturated rings. The van der Waals surface area contributed by atoms with Crippen LogP contribution in [0.3, 0.4) is 0 Å². The number of rotatable bonds is 3. The molecule has 5 atom stereocenters. The summed E-state index contributed by atoms with van der Waals surface area (Å²) < 4.78 is 7.67. The van der Waals surface area contributed by atoms with Gasteiger partial charge in [0.15, 0.2) is 0 Å². The molecule has 16 heavy (non-hydrogen) atoms. The molecule has 0 bridgehead atoms. The molecule has 0 saturated carbocycles. The van der Waals surface area contributed by atoms with E-state index < -0.39 is 37.2 Å². The highest BCUT2D eigenvalue weighted by Gasteiger charge is 2.44. The molecule has 5 N–H and O–H groups in total. The van der Waals surface area contributed by atoms with E-state index in [4.69, 9.17) is 9.84 Å². The molecule has 1 aliphatic rings. The van der Waals surface area contributed by atoms with Crippen molar-refractivity contribution in [1.29, 1.82) is 0 Å². The van der Waals surface area contributed by atoms with Gasteiger partial charge in [-0.15, -0.1) is 0 Å². The summed E-state index contributed by atoms with van der Waals surface area (Å²) in [5.41, 5.74) is 0. The molecule has 1 aliphatic heterocycles. The van der Waals surface area contributed by atoms with Gasteiger partial charge in [-0.05, 0) is 0 Å². The minimum Gasteiger partial charge on any atom is -0.394 e. The Hall–Kier alpha value is -0.380. The number of nitrogens with one attached hydrogen (secondary N) is 2. The Morgan fingerprint density at radius 3 is 2.50 bits per heavy atom. The van der Waals surface area contributed by atoms with Crippen LogP contribution in [0.2, 0.25) is 0 Å². The third kappa shape index (κ3) is 2.84. The molecule has 0 radical (unpaired) electrons. The summed E-state index contributed by atoms with van der Waals surface area (Å²) in [6.45, 7) is 0.851. The molecule has 0 aromatic carbocycles. The van der Waals surface area contributed by atoms with Crippen molar-refractivity contribution in [3.63, 3.8) is 0 Å². The van der Waals surface area contributed by atoms with E-state index in [1.54, 1.807) is 0 Å². The molecular formula is C8H16N2O5S. The van der Waals surface area contributed by atoms with Gasteiger partial charge < -0.3 is 25.4 Å². The average molecular weight is 252 g/mol. The van der Waals surface area contributed by atoms with Gasteiger partial charge in [0.1, 0.15) is 24.5 Å². The Bertz CT molecular complexity index is 253. The highest BCUT2D eigenvalue weighted by atomic mass is 32.1. The molecular weight excluding hydrogens is 236 g/mol. The smallest absolute Gasteiger partial charge is 0.217 e. The molecule has 0 aromatic heterocycles. The minimum atomic E-state index is -1.26. The van der Waals surface area contributed by atoms with E-state index in [0.29, 0.717) is 0 Å². The van der Waals surface area contributed by atoms with Gasteiger partial charge in [0.2, 0.25) is 5.91 Å². The fourth-order valence-electron chi connectivity index (χ4n) is 1.62. The lowest BCUT2D eigenvalue weighted by Gasteiger charge is -2.42. The van der Waals surface area contributed by atoms with Gasteiger partial charge in [-0.3, -0.25) is 4.79 Å². The van der Waals surface area contributed by atoms with Crippen LogP contribution >= 0.6 is 12.8 Å². The number of ether oxygens (including phenoxy) is 1. The van der Waals surface area contributed by atoms with Crippen molar-refractivity contribution < 1.29 is 24.9 Å². The van der Waals surface area contributed by atoms with Crippen LogP contribution in [0.15, 0.2) is 0 Å². The predicted octanol–water partition coefficient (Wildman–Crippen LogP) is -2.64. The second-order valence-corrected chi connectivity index (χ2v) is 3.87. The topological polar surface area (TPSA) is 111 Å². The maximum atomic E-state index is 10.9. The second-order valence-electron chi connectivity index (χ2n) is 3.61. The predicted molar refractivity (Wildman–Crippen MR) is 57.5 cm³/mol. The van der Waals surface area contributed by atoms with Crippen LogP contribution in [0.25, 0.3) is 0 Å². The highest BCUT2D eigenvalue weighted by Crippen LogP contribution is 2.20. The summed E-state index contributed by atoms with van der Waals surface area (Å²) in [7, 11) is 0. The molecule has 0 aliphatic carbocycles. The summed E-state index contributed by atoms with van der Waals surface area (Å²) in [4.78, 5) is 10.9. The van der Waals surface area contributed by atoms with Gasteiger partial charge in [-0.2, -0.15) is 0 Å². The highest BCUT2D eigenvalue weighted by molar-refractivity contribution is 7.78.